The number of carbonyl (C=O) groups excluding carboxylic acids is 1. The van der Waals surface area contributed by atoms with Gasteiger partial charge in [0.05, 0.1) is 5.56 Å². The molecule has 4 heteroatoms. The van der Waals surface area contributed by atoms with Crippen molar-refractivity contribution in [2.75, 3.05) is 18.9 Å². The number of anilines is 1. The Bertz CT molecular complexity index is 684. The molecule has 0 radical (unpaired) electrons. The summed E-state index contributed by atoms with van der Waals surface area (Å²) in [5.74, 6) is -0.903. The summed E-state index contributed by atoms with van der Waals surface area (Å²) in [7, 11) is 2.08. The summed E-state index contributed by atoms with van der Waals surface area (Å²) >= 11 is 0. The molecular formula is C17H17FN2O. The van der Waals surface area contributed by atoms with Gasteiger partial charge in [0.1, 0.15) is 5.82 Å². The van der Waals surface area contributed by atoms with Crippen molar-refractivity contribution in [2.45, 2.75) is 13.0 Å². The SMILES string of the molecule is CN1CCc2c(cccc2NC(=O)c2ccccc2F)C1. The Balaban J connectivity index is 1.88. The largest absolute Gasteiger partial charge is 0.322 e. The van der Waals surface area contributed by atoms with Gasteiger partial charge >= 0.3 is 0 Å². The zero-order valence-corrected chi connectivity index (χ0v) is 11.9. The highest BCUT2D eigenvalue weighted by Crippen LogP contribution is 2.26. The molecule has 0 aromatic heterocycles. The number of benzene rings is 2. The number of nitrogens with one attached hydrogen (secondary N) is 1. The van der Waals surface area contributed by atoms with Gasteiger partial charge in [0, 0.05) is 18.8 Å². The zero-order valence-electron chi connectivity index (χ0n) is 11.9. The van der Waals surface area contributed by atoms with Crippen molar-refractivity contribution in [2.24, 2.45) is 0 Å². The van der Waals surface area contributed by atoms with Gasteiger partial charge in [0.2, 0.25) is 0 Å². The number of nitrogens with zero attached hydrogens (tertiary/aromatic N) is 1. The molecule has 21 heavy (non-hydrogen) atoms. The average molecular weight is 284 g/mol. The molecule has 0 unspecified atom stereocenters. The van der Waals surface area contributed by atoms with Crippen LogP contribution in [-0.2, 0) is 13.0 Å². The molecule has 3 rings (SSSR count). The van der Waals surface area contributed by atoms with E-state index in [1.165, 1.54) is 17.7 Å². The van der Waals surface area contributed by atoms with Gasteiger partial charge in [-0.15, -0.1) is 0 Å². The number of hydrogen-bond acceptors (Lipinski definition) is 2. The lowest BCUT2D eigenvalue weighted by molar-refractivity contribution is 0.102. The van der Waals surface area contributed by atoms with Crippen LogP contribution in [0.2, 0.25) is 0 Å². The first-order valence-electron chi connectivity index (χ1n) is 7.00. The van der Waals surface area contributed by atoms with Gasteiger partial charge in [0.15, 0.2) is 0 Å². The summed E-state index contributed by atoms with van der Waals surface area (Å²) in [6.45, 7) is 1.83. The van der Waals surface area contributed by atoms with Crippen molar-refractivity contribution in [1.82, 2.24) is 4.90 Å². The molecule has 3 nitrogen and oxygen atoms in total. The third-order valence-corrected chi connectivity index (χ3v) is 3.82. The quantitative estimate of drug-likeness (QED) is 0.919. The fourth-order valence-electron chi connectivity index (χ4n) is 2.70. The van der Waals surface area contributed by atoms with Crippen molar-refractivity contribution in [3.05, 3.63) is 65.0 Å². The van der Waals surface area contributed by atoms with Gasteiger partial charge in [-0.05, 0) is 42.8 Å². The molecule has 1 N–H and O–H groups in total. The van der Waals surface area contributed by atoms with Crippen LogP contribution in [0, 0.1) is 5.82 Å². The van der Waals surface area contributed by atoms with E-state index in [0.29, 0.717) is 0 Å². The third kappa shape index (κ3) is 2.81. The number of carbonyl (C=O) groups is 1. The molecule has 0 atom stereocenters. The lowest BCUT2D eigenvalue weighted by Crippen LogP contribution is -2.27. The van der Waals surface area contributed by atoms with E-state index in [-0.39, 0.29) is 5.56 Å². The molecule has 0 bridgehead atoms. The van der Waals surface area contributed by atoms with Gasteiger partial charge in [-0.3, -0.25) is 4.79 Å². The van der Waals surface area contributed by atoms with E-state index in [1.807, 2.05) is 12.1 Å². The van der Waals surface area contributed by atoms with E-state index < -0.39 is 11.7 Å². The van der Waals surface area contributed by atoms with E-state index in [1.54, 1.807) is 12.1 Å². The van der Waals surface area contributed by atoms with E-state index in [9.17, 15) is 9.18 Å². The van der Waals surface area contributed by atoms with Crippen molar-refractivity contribution >= 4 is 11.6 Å². The molecule has 2 aromatic rings. The van der Waals surface area contributed by atoms with Crippen molar-refractivity contribution < 1.29 is 9.18 Å². The van der Waals surface area contributed by atoms with Crippen LogP contribution in [0.1, 0.15) is 21.5 Å². The standard InChI is InChI=1S/C17H17FN2O/c1-20-10-9-13-12(11-20)5-4-8-16(13)19-17(21)14-6-2-3-7-15(14)18/h2-8H,9-11H2,1H3,(H,19,21). The average Bonchev–Trinajstić information content (AvgIpc) is 2.47. The van der Waals surface area contributed by atoms with Crippen LogP contribution < -0.4 is 5.32 Å². The Kier molecular flexibility index (Phi) is 3.71. The molecule has 1 heterocycles. The van der Waals surface area contributed by atoms with E-state index in [2.05, 4.69) is 23.3 Å². The van der Waals surface area contributed by atoms with Gasteiger partial charge < -0.3 is 10.2 Å². The molecule has 108 valence electrons. The lowest BCUT2D eigenvalue weighted by atomic mass is 9.98. The van der Waals surface area contributed by atoms with Crippen LogP contribution in [0.4, 0.5) is 10.1 Å². The zero-order chi connectivity index (χ0) is 14.8. The minimum absolute atomic E-state index is 0.0723. The van der Waals surface area contributed by atoms with Gasteiger partial charge in [-0.2, -0.15) is 0 Å². The van der Waals surface area contributed by atoms with Crippen LogP contribution in [-0.4, -0.2) is 24.4 Å². The van der Waals surface area contributed by atoms with Crippen molar-refractivity contribution in [1.29, 1.82) is 0 Å². The highest BCUT2D eigenvalue weighted by Gasteiger charge is 2.18. The highest BCUT2D eigenvalue weighted by molar-refractivity contribution is 6.04. The Morgan fingerprint density at radius 1 is 1.19 bits per heavy atom. The summed E-state index contributed by atoms with van der Waals surface area (Å²) in [5.41, 5.74) is 3.23. The normalized spacial score (nSPS) is 14.6. The first-order chi connectivity index (χ1) is 10.1. The Morgan fingerprint density at radius 3 is 2.81 bits per heavy atom. The molecule has 1 aliphatic rings. The summed E-state index contributed by atoms with van der Waals surface area (Å²) in [6, 6.07) is 11.9. The Morgan fingerprint density at radius 2 is 2.00 bits per heavy atom. The molecule has 0 fully saturated rings. The van der Waals surface area contributed by atoms with Gasteiger partial charge in [0.25, 0.3) is 5.91 Å². The number of hydrogen-bond donors (Lipinski definition) is 1. The minimum atomic E-state index is -0.500. The summed E-state index contributed by atoms with van der Waals surface area (Å²) in [5, 5.41) is 2.84. The first kappa shape index (κ1) is 13.8. The lowest BCUT2D eigenvalue weighted by Gasteiger charge is -2.26. The van der Waals surface area contributed by atoms with Gasteiger partial charge in [-0.25, -0.2) is 4.39 Å². The molecule has 0 saturated heterocycles. The molecule has 1 amide bonds. The van der Waals surface area contributed by atoms with E-state index in [0.717, 1.165) is 30.8 Å². The molecule has 2 aromatic carbocycles. The highest BCUT2D eigenvalue weighted by atomic mass is 19.1. The monoisotopic (exact) mass is 284 g/mol. The Labute approximate surface area is 123 Å². The van der Waals surface area contributed by atoms with Crippen LogP contribution >= 0.6 is 0 Å². The summed E-state index contributed by atoms with van der Waals surface area (Å²) < 4.78 is 13.7. The first-order valence-corrected chi connectivity index (χ1v) is 7.00. The molecular weight excluding hydrogens is 267 g/mol. The maximum absolute atomic E-state index is 13.7. The smallest absolute Gasteiger partial charge is 0.258 e. The number of halogens is 1. The maximum atomic E-state index is 13.7. The minimum Gasteiger partial charge on any atom is -0.322 e. The Hall–Kier alpha value is -2.20. The number of likely N-dealkylation sites (N-methyl/N-ethyl adjacent to an activating group) is 1. The second-order valence-corrected chi connectivity index (χ2v) is 5.37. The number of fused-ring (bicyclic) bond motifs is 1. The van der Waals surface area contributed by atoms with Crippen LogP contribution in [0.15, 0.2) is 42.5 Å². The van der Waals surface area contributed by atoms with Crippen LogP contribution in [0.3, 0.4) is 0 Å². The second kappa shape index (κ2) is 5.66. The summed E-state index contributed by atoms with van der Waals surface area (Å²) in [6.07, 6.45) is 0.888. The number of amides is 1. The van der Waals surface area contributed by atoms with E-state index >= 15 is 0 Å². The van der Waals surface area contributed by atoms with Crippen LogP contribution in [0.25, 0.3) is 0 Å². The fourth-order valence-corrected chi connectivity index (χ4v) is 2.70. The fraction of sp³-hybridized carbons (Fsp3) is 0.235. The molecule has 0 aliphatic carbocycles. The molecule has 1 aliphatic heterocycles. The van der Waals surface area contributed by atoms with Crippen molar-refractivity contribution in [3.8, 4) is 0 Å². The number of rotatable bonds is 2. The maximum Gasteiger partial charge on any atom is 0.258 e. The molecule has 0 spiro atoms. The van der Waals surface area contributed by atoms with Gasteiger partial charge in [-0.1, -0.05) is 24.3 Å². The third-order valence-electron chi connectivity index (χ3n) is 3.82. The summed E-state index contributed by atoms with van der Waals surface area (Å²) in [4.78, 5) is 14.5. The molecule has 0 saturated carbocycles. The predicted octanol–water partition coefficient (Wildman–Crippen LogP) is 3.07. The van der Waals surface area contributed by atoms with Crippen molar-refractivity contribution in [3.63, 3.8) is 0 Å². The van der Waals surface area contributed by atoms with Crippen LogP contribution in [0.5, 0.6) is 0 Å². The second-order valence-electron chi connectivity index (χ2n) is 5.37. The predicted molar refractivity (Wildman–Crippen MR) is 80.8 cm³/mol. The van der Waals surface area contributed by atoms with E-state index in [4.69, 9.17) is 0 Å². The topological polar surface area (TPSA) is 32.3 Å².